The number of rotatable bonds is 7. The Balaban J connectivity index is 1.66. The van der Waals surface area contributed by atoms with Gasteiger partial charge in [-0.05, 0) is 67.1 Å². The average molecular weight is 543 g/mol. The second-order valence-electron chi connectivity index (χ2n) is 9.65. The van der Waals surface area contributed by atoms with Crippen LogP contribution in [0.3, 0.4) is 0 Å². The second-order valence-corrected chi connectivity index (χ2v) is 13.1. The van der Waals surface area contributed by atoms with Gasteiger partial charge in [-0.1, -0.05) is 73.1 Å². The van der Waals surface area contributed by atoms with Gasteiger partial charge in [0, 0.05) is 34.4 Å². The maximum absolute atomic E-state index is 13.5. The van der Waals surface area contributed by atoms with Crippen LogP contribution in [0.15, 0.2) is 81.4 Å². The van der Waals surface area contributed by atoms with Crippen molar-refractivity contribution >= 4 is 39.3 Å². The molecular formula is C28H31ClN2O3S2. The predicted octanol–water partition coefficient (Wildman–Crippen LogP) is 6.40. The number of nitrogens with zero attached hydrogens (tertiary/aromatic N) is 1. The Morgan fingerprint density at radius 3 is 2.39 bits per heavy atom. The van der Waals surface area contributed by atoms with Gasteiger partial charge >= 0.3 is 0 Å². The van der Waals surface area contributed by atoms with Gasteiger partial charge in [-0.3, -0.25) is 4.79 Å². The molecule has 4 rings (SSSR count). The predicted molar refractivity (Wildman–Crippen MR) is 146 cm³/mol. The molecule has 1 heterocycles. The Morgan fingerprint density at radius 2 is 1.72 bits per heavy atom. The van der Waals surface area contributed by atoms with Crippen LogP contribution in [0.1, 0.15) is 41.8 Å². The standard InChI is InChI=1S/C28H31ClN2O3S2/c1-19-7-9-22(10-8-19)16-30-28(32)26-15-25(36(33,34)31-17-20(2)13-21(3)18-31)11-12-27(26)35-24-6-4-5-23(29)14-24/h4-12,14-15,20-21H,13,16-18H2,1-3H3,(H,30,32)/t20-,21+. The first-order chi connectivity index (χ1) is 17.1. The minimum atomic E-state index is -3.73. The van der Waals surface area contributed by atoms with E-state index in [4.69, 9.17) is 11.6 Å². The van der Waals surface area contributed by atoms with Crippen molar-refractivity contribution in [2.75, 3.05) is 13.1 Å². The highest BCUT2D eigenvalue weighted by Crippen LogP contribution is 2.34. The largest absolute Gasteiger partial charge is 0.348 e. The van der Waals surface area contributed by atoms with Crippen molar-refractivity contribution in [3.8, 4) is 0 Å². The fourth-order valence-electron chi connectivity index (χ4n) is 4.53. The number of piperidine rings is 1. The number of hydrogen-bond donors (Lipinski definition) is 1. The minimum Gasteiger partial charge on any atom is -0.348 e. The Hall–Kier alpha value is -2.32. The molecule has 2 atom stereocenters. The van der Waals surface area contributed by atoms with Gasteiger partial charge in [-0.15, -0.1) is 0 Å². The zero-order valence-corrected chi connectivity index (χ0v) is 23.1. The number of halogens is 1. The van der Waals surface area contributed by atoms with Crippen LogP contribution < -0.4 is 5.32 Å². The molecule has 1 N–H and O–H groups in total. The number of aryl methyl sites for hydroxylation is 1. The number of benzene rings is 3. The summed E-state index contributed by atoms with van der Waals surface area (Å²) in [5.41, 5.74) is 2.44. The van der Waals surface area contributed by atoms with Crippen molar-refractivity contribution in [1.29, 1.82) is 0 Å². The monoisotopic (exact) mass is 542 g/mol. The van der Waals surface area contributed by atoms with Crippen LogP contribution in [-0.2, 0) is 16.6 Å². The van der Waals surface area contributed by atoms with Crippen LogP contribution in [0.5, 0.6) is 0 Å². The molecule has 3 aromatic rings. The highest BCUT2D eigenvalue weighted by molar-refractivity contribution is 7.99. The van der Waals surface area contributed by atoms with Gasteiger partial charge in [0.2, 0.25) is 10.0 Å². The van der Waals surface area contributed by atoms with E-state index in [1.165, 1.54) is 17.8 Å². The summed E-state index contributed by atoms with van der Waals surface area (Å²) < 4.78 is 28.7. The summed E-state index contributed by atoms with van der Waals surface area (Å²) in [5.74, 6) is 0.259. The number of carbonyl (C=O) groups excluding carboxylic acids is 1. The van der Waals surface area contributed by atoms with E-state index in [1.807, 2.05) is 49.4 Å². The number of carbonyl (C=O) groups is 1. The smallest absolute Gasteiger partial charge is 0.252 e. The Morgan fingerprint density at radius 1 is 1.03 bits per heavy atom. The van der Waals surface area contributed by atoms with E-state index in [1.54, 1.807) is 22.5 Å². The van der Waals surface area contributed by atoms with Crippen molar-refractivity contribution in [2.45, 2.75) is 48.4 Å². The molecule has 8 heteroatoms. The molecule has 1 aliphatic heterocycles. The third-order valence-corrected chi connectivity index (χ3v) is 9.39. The molecule has 36 heavy (non-hydrogen) atoms. The number of hydrogen-bond acceptors (Lipinski definition) is 4. The van der Waals surface area contributed by atoms with E-state index >= 15 is 0 Å². The minimum absolute atomic E-state index is 0.139. The Bertz CT molecular complexity index is 1330. The first kappa shape index (κ1) is 26.7. The van der Waals surface area contributed by atoms with E-state index in [-0.39, 0.29) is 10.8 Å². The van der Waals surface area contributed by atoms with Crippen LogP contribution in [0.4, 0.5) is 0 Å². The number of amides is 1. The summed E-state index contributed by atoms with van der Waals surface area (Å²) in [6.07, 6.45) is 1.01. The van der Waals surface area contributed by atoms with Crippen LogP contribution in [0.2, 0.25) is 5.02 Å². The van der Waals surface area contributed by atoms with Gasteiger partial charge in [-0.2, -0.15) is 4.31 Å². The topological polar surface area (TPSA) is 66.5 Å². The highest BCUT2D eigenvalue weighted by atomic mass is 35.5. The molecule has 1 aliphatic rings. The summed E-state index contributed by atoms with van der Waals surface area (Å²) >= 11 is 7.54. The highest BCUT2D eigenvalue weighted by Gasteiger charge is 2.32. The van der Waals surface area contributed by atoms with Crippen molar-refractivity contribution in [2.24, 2.45) is 11.8 Å². The fraction of sp³-hybridized carbons (Fsp3) is 0.321. The summed E-state index contributed by atoms with van der Waals surface area (Å²) in [6.45, 7) is 7.48. The Labute approximate surface area is 223 Å². The molecular weight excluding hydrogens is 512 g/mol. The molecule has 0 saturated carbocycles. The molecule has 1 fully saturated rings. The molecule has 0 aliphatic carbocycles. The molecule has 3 aromatic carbocycles. The maximum atomic E-state index is 13.5. The molecule has 0 bridgehead atoms. The average Bonchev–Trinajstić information content (AvgIpc) is 2.83. The summed E-state index contributed by atoms with van der Waals surface area (Å²) in [5, 5.41) is 3.55. The van der Waals surface area contributed by atoms with Crippen molar-refractivity contribution in [3.63, 3.8) is 0 Å². The SMILES string of the molecule is Cc1ccc(CNC(=O)c2cc(S(=O)(=O)N3C[C@H](C)C[C@H](C)C3)ccc2Sc2cccc(Cl)c2)cc1. The fourth-order valence-corrected chi connectivity index (χ4v) is 7.47. The van der Waals surface area contributed by atoms with Crippen molar-refractivity contribution in [1.82, 2.24) is 9.62 Å². The van der Waals surface area contributed by atoms with Crippen LogP contribution in [0.25, 0.3) is 0 Å². The molecule has 0 radical (unpaired) electrons. The quantitative estimate of drug-likeness (QED) is 0.375. The van der Waals surface area contributed by atoms with E-state index in [0.29, 0.717) is 47.0 Å². The molecule has 0 spiro atoms. The van der Waals surface area contributed by atoms with Crippen LogP contribution >= 0.6 is 23.4 Å². The van der Waals surface area contributed by atoms with Gasteiger partial charge in [0.15, 0.2) is 0 Å². The summed E-state index contributed by atoms with van der Waals surface area (Å²) in [6, 6.07) is 20.1. The van der Waals surface area contributed by atoms with Crippen LogP contribution in [-0.4, -0.2) is 31.7 Å². The van der Waals surface area contributed by atoms with E-state index in [9.17, 15) is 13.2 Å². The zero-order chi connectivity index (χ0) is 25.9. The van der Waals surface area contributed by atoms with Crippen molar-refractivity contribution in [3.05, 3.63) is 88.4 Å². The van der Waals surface area contributed by atoms with Gasteiger partial charge in [0.1, 0.15) is 0 Å². The zero-order valence-electron chi connectivity index (χ0n) is 20.7. The van der Waals surface area contributed by atoms with Gasteiger partial charge in [0.05, 0.1) is 10.5 Å². The van der Waals surface area contributed by atoms with Crippen LogP contribution in [0, 0.1) is 18.8 Å². The summed E-state index contributed by atoms with van der Waals surface area (Å²) in [4.78, 5) is 15.0. The number of nitrogens with one attached hydrogen (secondary N) is 1. The van der Waals surface area contributed by atoms with Crippen molar-refractivity contribution < 1.29 is 13.2 Å². The lowest BCUT2D eigenvalue weighted by atomic mass is 9.94. The molecule has 5 nitrogen and oxygen atoms in total. The first-order valence-electron chi connectivity index (χ1n) is 12.0. The molecule has 0 aromatic heterocycles. The lowest BCUT2D eigenvalue weighted by Crippen LogP contribution is -2.42. The molecule has 0 unspecified atom stereocenters. The van der Waals surface area contributed by atoms with Gasteiger partial charge in [0.25, 0.3) is 5.91 Å². The third-order valence-electron chi connectivity index (χ3n) is 6.27. The Kier molecular flexibility index (Phi) is 8.45. The molecule has 1 amide bonds. The lowest BCUT2D eigenvalue weighted by molar-refractivity contribution is 0.0947. The van der Waals surface area contributed by atoms with E-state index in [2.05, 4.69) is 19.2 Å². The van der Waals surface area contributed by atoms with E-state index < -0.39 is 10.0 Å². The van der Waals surface area contributed by atoms with Gasteiger partial charge < -0.3 is 5.32 Å². The third kappa shape index (κ3) is 6.51. The molecule has 190 valence electrons. The van der Waals surface area contributed by atoms with Gasteiger partial charge in [-0.25, -0.2) is 8.42 Å². The summed E-state index contributed by atoms with van der Waals surface area (Å²) in [7, 11) is -3.73. The number of sulfonamides is 1. The first-order valence-corrected chi connectivity index (χ1v) is 14.7. The molecule has 1 saturated heterocycles. The lowest BCUT2D eigenvalue weighted by Gasteiger charge is -2.34. The maximum Gasteiger partial charge on any atom is 0.252 e. The van der Waals surface area contributed by atoms with E-state index in [0.717, 1.165) is 22.4 Å². The second kappa shape index (κ2) is 11.4. The normalized spacial score (nSPS) is 18.7.